The molecule has 124 valence electrons. The summed E-state index contributed by atoms with van der Waals surface area (Å²) in [6.45, 7) is 2.54. The second kappa shape index (κ2) is 7.17. The molecule has 5 nitrogen and oxygen atoms in total. The fourth-order valence-corrected chi connectivity index (χ4v) is 2.57. The molecule has 2 amide bonds. The molecule has 1 N–H and O–H groups in total. The molecular formula is C19H21N3O2. The van der Waals surface area contributed by atoms with E-state index < -0.39 is 0 Å². The minimum absolute atomic E-state index is 0.118. The van der Waals surface area contributed by atoms with Crippen LogP contribution < -0.4 is 5.32 Å². The van der Waals surface area contributed by atoms with E-state index in [9.17, 15) is 4.79 Å². The topological polar surface area (TPSA) is 53.9 Å². The number of nitrogens with zero attached hydrogens (tertiary/aromatic N) is 2. The van der Waals surface area contributed by atoms with E-state index in [2.05, 4.69) is 29.5 Å². The van der Waals surface area contributed by atoms with Crippen molar-refractivity contribution < 1.29 is 9.63 Å². The van der Waals surface area contributed by atoms with Gasteiger partial charge in [-0.15, -0.1) is 0 Å². The van der Waals surface area contributed by atoms with Crippen molar-refractivity contribution in [3.8, 4) is 0 Å². The molecule has 5 heteroatoms. The highest BCUT2D eigenvalue weighted by molar-refractivity contribution is 6.01. The van der Waals surface area contributed by atoms with Crippen molar-refractivity contribution >= 4 is 17.4 Å². The predicted molar refractivity (Wildman–Crippen MR) is 95.3 cm³/mol. The van der Waals surface area contributed by atoms with E-state index in [1.807, 2.05) is 42.5 Å². The lowest BCUT2D eigenvalue weighted by Gasteiger charge is -2.20. The third-order valence-corrected chi connectivity index (χ3v) is 3.97. The molecule has 0 fully saturated rings. The number of benzene rings is 2. The molecule has 1 atom stereocenters. The Morgan fingerprint density at radius 2 is 1.92 bits per heavy atom. The molecule has 1 heterocycles. The number of urea groups is 1. The highest BCUT2D eigenvalue weighted by atomic mass is 16.6. The first-order chi connectivity index (χ1) is 11.6. The first-order valence-corrected chi connectivity index (χ1v) is 7.99. The van der Waals surface area contributed by atoms with Crippen molar-refractivity contribution in [2.24, 2.45) is 5.16 Å². The lowest BCUT2D eigenvalue weighted by atomic mass is 10.0. The van der Waals surface area contributed by atoms with Crippen LogP contribution in [0.4, 0.5) is 10.5 Å². The van der Waals surface area contributed by atoms with Crippen LogP contribution in [0.25, 0.3) is 0 Å². The van der Waals surface area contributed by atoms with Gasteiger partial charge in [0, 0.05) is 19.2 Å². The number of oxime groups is 1. The predicted octanol–water partition coefficient (Wildman–Crippen LogP) is 3.65. The van der Waals surface area contributed by atoms with Gasteiger partial charge in [0.2, 0.25) is 0 Å². The molecule has 0 bridgehead atoms. The fourth-order valence-electron chi connectivity index (χ4n) is 2.57. The van der Waals surface area contributed by atoms with Crippen LogP contribution in [0.1, 0.15) is 17.5 Å². The van der Waals surface area contributed by atoms with Crippen molar-refractivity contribution in [3.05, 3.63) is 65.7 Å². The zero-order valence-corrected chi connectivity index (χ0v) is 13.9. The Morgan fingerprint density at radius 1 is 1.21 bits per heavy atom. The highest BCUT2D eigenvalue weighted by Gasteiger charge is 2.25. The first-order valence-electron chi connectivity index (χ1n) is 7.99. The second-order valence-corrected chi connectivity index (χ2v) is 6.01. The van der Waals surface area contributed by atoms with Gasteiger partial charge in [-0.05, 0) is 24.6 Å². The maximum Gasteiger partial charge on any atom is 0.321 e. The number of rotatable bonds is 4. The molecule has 0 saturated heterocycles. The van der Waals surface area contributed by atoms with Crippen LogP contribution in [0, 0.1) is 6.92 Å². The molecule has 24 heavy (non-hydrogen) atoms. The van der Waals surface area contributed by atoms with Gasteiger partial charge < -0.3 is 15.1 Å². The molecule has 0 aliphatic carbocycles. The minimum Gasteiger partial charge on any atom is -0.390 e. The Labute approximate surface area is 141 Å². The van der Waals surface area contributed by atoms with Gasteiger partial charge in [0.05, 0.1) is 12.3 Å². The Kier molecular flexibility index (Phi) is 4.79. The largest absolute Gasteiger partial charge is 0.390 e. The summed E-state index contributed by atoms with van der Waals surface area (Å²) in [5.41, 5.74) is 3.99. The number of hydrogen-bond acceptors (Lipinski definition) is 3. The van der Waals surface area contributed by atoms with Crippen molar-refractivity contribution in [3.63, 3.8) is 0 Å². The van der Waals surface area contributed by atoms with Gasteiger partial charge in [0.15, 0.2) is 6.10 Å². The SMILES string of the molecule is Cc1ccc(C2=NO[C@H](CN(C)C(=O)Nc3ccccc3)C2)cc1. The van der Waals surface area contributed by atoms with Crippen molar-refractivity contribution in [2.45, 2.75) is 19.4 Å². The van der Waals surface area contributed by atoms with E-state index in [1.165, 1.54) is 5.56 Å². The summed E-state index contributed by atoms with van der Waals surface area (Å²) < 4.78 is 0. The van der Waals surface area contributed by atoms with Gasteiger partial charge in [0.25, 0.3) is 0 Å². The number of amides is 2. The number of para-hydroxylation sites is 1. The number of anilines is 1. The number of likely N-dealkylation sites (N-methyl/N-ethyl adjacent to an activating group) is 1. The highest BCUT2D eigenvalue weighted by Crippen LogP contribution is 2.18. The molecular weight excluding hydrogens is 302 g/mol. The van der Waals surface area contributed by atoms with Crippen LogP contribution in [0.15, 0.2) is 59.8 Å². The zero-order valence-electron chi connectivity index (χ0n) is 13.9. The number of nitrogens with one attached hydrogen (secondary N) is 1. The van der Waals surface area contributed by atoms with Crippen molar-refractivity contribution in [1.82, 2.24) is 4.90 Å². The quantitative estimate of drug-likeness (QED) is 0.933. The monoisotopic (exact) mass is 323 g/mol. The summed E-state index contributed by atoms with van der Waals surface area (Å²) >= 11 is 0. The number of hydrogen-bond donors (Lipinski definition) is 1. The van der Waals surface area contributed by atoms with Gasteiger partial charge in [-0.1, -0.05) is 53.2 Å². The van der Waals surface area contributed by atoms with Crippen molar-refractivity contribution in [1.29, 1.82) is 0 Å². The van der Waals surface area contributed by atoms with E-state index >= 15 is 0 Å². The van der Waals surface area contributed by atoms with Gasteiger partial charge >= 0.3 is 6.03 Å². The summed E-state index contributed by atoms with van der Waals surface area (Å²) in [5.74, 6) is 0. The third kappa shape index (κ3) is 3.93. The zero-order chi connectivity index (χ0) is 16.9. The van der Waals surface area contributed by atoms with Gasteiger partial charge in [0.1, 0.15) is 0 Å². The molecule has 0 spiro atoms. The minimum atomic E-state index is -0.159. The Balaban J connectivity index is 1.52. The molecule has 2 aromatic carbocycles. The molecule has 1 aliphatic heterocycles. The van der Waals surface area contributed by atoms with Gasteiger partial charge in [-0.2, -0.15) is 0 Å². The summed E-state index contributed by atoms with van der Waals surface area (Å²) in [5, 5.41) is 7.03. The van der Waals surface area contributed by atoms with Crippen LogP contribution in [-0.2, 0) is 4.84 Å². The summed E-state index contributed by atoms with van der Waals surface area (Å²) in [7, 11) is 1.76. The second-order valence-electron chi connectivity index (χ2n) is 6.01. The number of carbonyl (C=O) groups is 1. The molecule has 0 aromatic heterocycles. The van der Waals surface area contributed by atoms with E-state index in [-0.39, 0.29) is 12.1 Å². The number of carbonyl (C=O) groups excluding carboxylic acids is 1. The average molecular weight is 323 g/mol. The van der Waals surface area contributed by atoms with Gasteiger partial charge in [-0.25, -0.2) is 4.79 Å². The first kappa shape index (κ1) is 16.1. The Hall–Kier alpha value is -2.82. The van der Waals surface area contributed by atoms with Crippen LogP contribution in [-0.4, -0.2) is 36.3 Å². The van der Waals surface area contributed by atoms with Gasteiger partial charge in [-0.3, -0.25) is 0 Å². The Morgan fingerprint density at radius 3 is 2.62 bits per heavy atom. The normalized spacial score (nSPS) is 16.2. The van der Waals surface area contributed by atoms with Crippen LogP contribution >= 0.6 is 0 Å². The maximum absolute atomic E-state index is 12.2. The molecule has 1 aliphatic rings. The van der Waals surface area contributed by atoms with Crippen molar-refractivity contribution in [2.75, 3.05) is 18.9 Å². The molecule has 0 radical (unpaired) electrons. The standard InChI is InChI=1S/C19H21N3O2/c1-14-8-10-15(11-9-14)18-12-17(24-21-18)13-22(2)19(23)20-16-6-4-3-5-7-16/h3-11,17H,12-13H2,1-2H3,(H,20,23)/t17-/m0/s1. The lowest BCUT2D eigenvalue weighted by Crippen LogP contribution is -2.37. The van der Waals surface area contributed by atoms with Crippen LogP contribution in [0.2, 0.25) is 0 Å². The molecule has 0 saturated carbocycles. The fraction of sp³-hybridized carbons (Fsp3) is 0.263. The lowest BCUT2D eigenvalue weighted by molar-refractivity contribution is 0.0672. The summed E-state index contributed by atoms with van der Waals surface area (Å²) in [6, 6.07) is 17.5. The maximum atomic E-state index is 12.2. The molecule has 3 rings (SSSR count). The smallest absolute Gasteiger partial charge is 0.321 e. The molecule has 2 aromatic rings. The Bertz CT molecular complexity index is 726. The van der Waals surface area contributed by atoms with E-state index in [0.717, 1.165) is 17.0 Å². The van der Waals surface area contributed by atoms with E-state index in [4.69, 9.17) is 4.84 Å². The van der Waals surface area contributed by atoms with Crippen LogP contribution in [0.3, 0.4) is 0 Å². The summed E-state index contributed by atoms with van der Waals surface area (Å²) in [6.07, 6.45) is 0.583. The molecule has 0 unspecified atom stereocenters. The number of aryl methyl sites for hydroxylation is 1. The van der Waals surface area contributed by atoms with E-state index in [1.54, 1.807) is 11.9 Å². The van der Waals surface area contributed by atoms with Crippen LogP contribution in [0.5, 0.6) is 0 Å². The third-order valence-electron chi connectivity index (χ3n) is 3.97. The average Bonchev–Trinajstić information content (AvgIpc) is 3.05. The van der Waals surface area contributed by atoms with E-state index in [0.29, 0.717) is 13.0 Å². The summed E-state index contributed by atoms with van der Waals surface area (Å²) in [4.78, 5) is 19.3.